The van der Waals surface area contributed by atoms with Crippen molar-refractivity contribution >= 4 is 29.1 Å². The van der Waals surface area contributed by atoms with Gasteiger partial charge in [0.1, 0.15) is 17.8 Å². The van der Waals surface area contributed by atoms with Gasteiger partial charge < -0.3 is 20.1 Å². The minimum Gasteiger partial charge on any atom is -0.494 e. The molecule has 1 fully saturated rings. The van der Waals surface area contributed by atoms with Crippen LogP contribution in [0.2, 0.25) is 0 Å². The summed E-state index contributed by atoms with van der Waals surface area (Å²) in [5.74, 6) is -1.33. The molecule has 2 aromatic heterocycles. The van der Waals surface area contributed by atoms with E-state index in [0.29, 0.717) is 17.3 Å². The highest BCUT2D eigenvalue weighted by Crippen LogP contribution is 2.30. The maximum absolute atomic E-state index is 13.9. The number of carbonyl (C=O) groups is 3. The van der Waals surface area contributed by atoms with Crippen molar-refractivity contribution in [2.24, 2.45) is 5.92 Å². The number of carboxylic acids is 1. The zero-order chi connectivity index (χ0) is 37.3. The number of thiophene rings is 1. The fourth-order valence-corrected chi connectivity index (χ4v) is 7.16. The summed E-state index contributed by atoms with van der Waals surface area (Å²) < 4.78 is 5.89. The number of aromatic nitrogens is 2. The van der Waals surface area contributed by atoms with Crippen molar-refractivity contribution in [3.8, 4) is 34.3 Å². The number of aliphatic carboxylic acids is 1. The van der Waals surface area contributed by atoms with E-state index >= 15 is 0 Å². The van der Waals surface area contributed by atoms with Crippen LogP contribution in [-0.4, -0.2) is 63.0 Å². The van der Waals surface area contributed by atoms with Crippen LogP contribution in [-0.2, 0) is 21.4 Å². The number of rotatable bonds is 15. The highest BCUT2D eigenvalue weighted by molar-refractivity contribution is 7.14. The van der Waals surface area contributed by atoms with Crippen LogP contribution in [0.5, 0.6) is 5.75 Å². The molecule has 3 heterocycles. The summed E-state index contributed by atoms with van der Waals surface area (Å²) in [6, 6.07) is 18.9. The Morgan fingerprint density at radius 2 is 1.63 bits per heavy atom. The molecule has 10 nitrogen and oxygen atoms in total. The third-order valence-electron chi connectivity index (χ3n) is 9.23. The lowest BCUT2D eigenvalue weighted by atomic mass is 9.95. The van der Waals surface area contributed by atoms with Gasteiger partial charge in [0, 0.05) is 41.4 Å². The monoisotopic (exact) mass is 721 g/mol. The Bertz CT molecular complexity index is 1860. The van der Waals surface area contributed by atoms with E-state index < -0.39 is 35.8 Å². The highest BCUT2D eigenvalue weighted by Gasteiger charge is 2.42. The summed E-state index contributed by atoms with van der Waals surface area (Å²) in [7, 11) is 0. The molecular formula is C41H47N5O5S. The molecule has 1 aliphatic rings. The zero-order valence-electron chi connectivity index (χ0n) is 30.3. The predicted octanol–water partition coefficient (Wildman–Crippen LogP) is 7.69. The molecule has 4 aromatic rings. The largest absolute Gasteiger partial charge is 0.494 e. The number of carboxylic acid groups (broad SMARTS) is 1. The molecule has 3 atom stereocenters. The first-order valence-electron chi connectivity index (χ1n) is 18.0. The van der Waals surface area contributed by atoms with Gasteiger partial charge in [0.25, 0.3) is 5.91 Å². The molecule has 11 heteroatoms. The van der Waals surface area contributed by atoms with Gasteiger partial charge >= 0.3 is 5.97 Å². The van der Waals surface area contributed by atoms with Crippen LogP contribution in [0, 0.1) is 17.2 Å². The zero-order valence-corrected chi connectivity index (χ0v) is 31.1. The molecule has 272 valence electrons. The second-order valence-corrected chi connectivity index (χ2v) is 15.4. The number of nitrogens with zero attached hydrogens (tertiary/aromatic N) is 4. The van der Waals surface area contributed by atoms with Crippen LogP contribution in [0.4, 0.5) is 0 Å². The second-order valence-electron chi connectivity index (χ2n) is 14.3. The van der Waals surface area contributed by atoms with Gasteiger partial charge in [-0.25, -0.2) is 14.8 Å². The average Bonchev–Trinajstić information content (AvgIpc) is 3.83. The van der Waals surface area contributed by atoms with Gasteiger partial charge in [-0.15, -0.1) is 11.3 Å². The summed E-state index contributed by atoms with van der Waals surface area (Å²) in [4.78, 5) is 51.3. The fraction of sp³-hybridized carbons (Fsp3) is 0.415. The molecule has 2 amide bonds. The van der Waals surface area contributed by atoms with E-state index in [0.717, 1.165) is 39.3 Å². The first kappa shape index (κ1) is 38.2. The lowest BCUT2D eigenvalue weighted by Crippen LogP contribution is -2.52. The van der Waals surface area contributed by atoms with E-state index in [1.54, 1.807) is 18.5 Å². The van der Waals surface area contributed by atoms with Gasteiger partial charge in [-0.05, 0) is 53.6 Å². The van der Waals surface area contributed by atoms with Gasteiger partial charge in [-0.1, -0.05) is 89.8 Å². The predicted molar refractivity (Wildman–Crippen MR) is 202 cm³/mol. The van der Waals surface area contributed by atoms with Gasteiger partial charge in [-0.3, -0.25) is 9.59 Å². The standard InChI is InChI=1S/C41H47N5O5S/c1-5-6-7-8-9-20-51-32-16-14-29(15-17-32)31-24-43-37(44-25-31)30-12-10-27(11-13-30)21-33(39(48)46-26-28(23-42)22-34(46)40(49)50)45-38(47)35-18-19-36(52-35)41(2,3)4/h10-19,24-25,28,33-34H,5-9,20-22,26H2,1-4H3,(H,45,47)(H,49,50)/t28-,33+,34+/m1/s1. The quantitative estimate of drug-likeness (QED) is 0.119. The Labute approximate surface area is 309 Å². The number of nitriles is 1. The minimum atomic E-state index is -1.17. The molecule has 5 rings (SSSR count). The number of carbonyl (C=O) groups excluding carboxylic acids is 2. The Morgan fingerprint density at radius 3 is 2.25 bits per heavy atom. The minimum absolute atomic E-state index is 0.00473. The van der Waals surface area contributed by atoms with Gasteiger partial charge in [0.2, 0.25) is 5.91 Å². The van der Waals surface area contributed by atoms with Crippen LogP contribution in [0.25, 0.3) is 22.5 Å². The van der Waals surface area contributed by atoms with Gasteiger partial charge in [0.15, 0.2) is 5.82 Å². The fourth-order valence-electron chi connectivity index (χ4n) is 6.19. The molecule has 52 heavy (non-hydrogen) atoms. The summed E-state index contributed by atoms with van der Waals surface area (Å²) in [5.41, 5.74) is 3.25. The smallest absolute Gasteiger partial charge is 0.326 e. The SMILES string of the molecule is CCCCCCCOc1ccc(-c2cnc(-c3ccc(C[C@H](NC(=O)c4ccc(C(C)(C)C)s4)C(=O)N4C[C@@H](C#N)C[C@H]4C(=O)O)cc3)nc2)cc1. The molecular weight excluding hydrogens is 675 g/mol. The van der Waals surface area contributed by atoms with Crippen LogP contribution in [0.3, 0.4) is 0 Å². The van der Waals surface area contributed by atoms with E-state index in [4.69, 9.17) is 4.74 Å². The normalized spacial score (nSPS) is 16.2. The Hall–Kier alpha value is -5.08. The van der Waals surface area contributed by atoms with Gasteiger partial charge in [-0.2, -0.15) is 5.26 Å². The summed E-state index contributed by atoms with van der Waals surface area (Å²) in [6.07, 6.45) is 9.71. The molecule has 0 spiro atoms. The molecule has 2 N–H and O–H groups in total. The number of nitrogens with one attached hydrogen (secondary N) is 1. The van der Waals surface area contributed by atoms with E-state index in [-0.39, 0.29) is 24.8 Å². The van der Waals surface area contributed by atoms with Gasteiger partial charge in [0.05, 0.1) is 23.5 Å². The van der Waals surface area contributed by atoms with Crippen LogP contribution >= 0.6 is 11.3 Å². The van der Waals surface area contributed by atoms with E-state index in [1.807, 2.05) is 54.6 Å². The molecule has 2 aromatic carbocycles. The molecule has 1 saturated heterocycles. The third kappa shape index (κ3) is 9.82. The summed E-state index contributed by atoms with van der Waals surface area (Å²) in [6.45, 7) is 9.10. The maximum atomic E-state index is 13.9. The van der Waals surface area contributed by atoms with Crippen molar-refractivity contribution < 1.29 is 24.2 Å². The van der Waals surface area contributed by atoms with Crippen molar-refractivity contribution in [1.82, 2.24) is 20.2 Å². The molecule has 0 unspecified atom stereocenters. The van der Waals surface area contributed by atoms with Crippen LogP contribution in [0.15, 0.2) is 73.1 Å². The molecule has 1 aliphatic heterocycles. The molecule has 0 saturated carbocycles. The third-order valence-corrected chi connectivity index (χ3v) is 10.7. The summed E-state index contributed by atoms with van der Waals surface area (Å²) in [5, 5.41) is 22.2. The van der Waals surface area contributed by atoms with Crippen molar-refractivity contribution in [2.75, 3.05) is 13.2 Å². The molecule has 0 aliphatic carbocycles. The second kappa shape index (κ2) is 17.4. The van der Waals surface area contributed by atoms with E-state index in [1.165, 1.54) is 41.9 Å². The number of amides is 2. The number of likely N-dealkylation sites (tertiary alicyclic amines) is 1. The van der Waals surface area contributed by atoms with Crippen LogP contribution < -0.4 is 10.1 Å². The number of hydrogen-bond acceptors (Lipinski definition) is 8. The number of unbranched alkanes of at least 4 members (excludes halogenated alkanes) is 4. The van der Waals surface area contributed by atoms with Crippen molar-refractivity contribution in [2.45, 2.75) is 90.1 Å². The molecule has 0 bridgehead atoms. The maximum Gasteiger partial charge on any atom is 0.326 e. The first-order chi connectivity index (χ1) is 25.0. The van der Waals surface area contributed by atoms with Crippen molar-refractivity contribution in [3.05, 3.63) is 88.4 Å². The Kier molecular flexibility index (Phi) is 12.8. The number of hydrogen-bond donors (Lipinski definition) is 2. The van der Waals surface area contributed by atoms with Crippen molar-refractivity contribution in [3.63, 3.8) is 0 Å². The lowest BCUT2D eigenvalue weighted by molar-refractivity contribution is -0.148. The molecule has 0 radical (unpaired) electrons. The first-order valence-corrected chi connectivity index (χ1v) is 18.8. The van der Waals surface area contributed by atoms with E-state index in [9.17, 15) is 24.8 Å². The Morgan fingerprint density at radius 1 is 0.962 bits per heavy atom. The Balaban J connectivity index is 1.27. The van der Waals surface area contributed by atoms with Crippen LogP contribution in [0.1, 0.15) is 86.3 Å². The van der Waals surface area contributed by atoms with Crippen molar-refractivity contribution in [1.29, 1.82) is 5.26 Å². The number of ether oxygens (including phenoxy) is 1. The lowest BCUT2D eigenvalue weighted by Gasteiger charge is -2.27. The topological polar surface area (TPSA) is 146 Å². The van der Waals surface area contributed by atoms with E-state index in [2.05, 4.69) is 49.0 Å². The summed E-state index contributed by atoms with van der Waals surface area (Å²) >= 11 is 1.36. The highest BCUT2D eigenvalue weighted by atomic mass is 32.1. The number of benzene rings is 2. The average molecular weight is 722 g/mol.